The van der Waals surface area contributed by atoms with E-state index in [0.717, 1.165) is 4.88 Å². The molecule has 1 aromatic rings. The molecule has 1 heterocycles. The molecule has 6 heteroatoms. The summed E-state index contributed by atoms with van der Waals surface area (Å²) >= 11 is 1.31. The summed E-state index contributed by atoms with van der Waals surface area (Å²) in [5.74, 6) is -0.736. The Morgan fingerprint density at radius 2 is 2.06 bits per heavy atom. The standard InChI is InChI=1S/C12H18N2O3S/c1-6(2)5-9(11(16)17)13-12-14-10(7(3)15)8(4)18-12/h6,9H,5H2,1-4H3,(H,13,14)(H,16,17). The molecular weight excluding hydrogens is 252 g/mol. The van der Waals surface area contributed by atoms with Crippen LogP contribution in [0.3, 0.4) is 0 Å². The van der Waals surface area contributed by atoms with Crippen molar-refractivity contribution < 1.29 is 14.7 Å². The zero-order valence-electron chi connectivity index (χ0n) is 11.0. The van der Waals surface area contributed by atoms with E-state index < -0.39 is 12.0 Å². The largest absolute Gasteiger partial charge is 0.480 e. The first kappa shape index (κ1) is 14.6. The fourth-order valence-electron chi connectivity index (χ4n) is 1.63. The van der Waals surface area contributed by atoms with Gasteiger partial charge in [-0.1, -0.05) is 13.8 Å². The molecule has 0 bridgehead atoms. The minimum atomic E-state index is -0.902. The van der Waals surface area contributed by atoms with Crippen LogP contribution in [-0.4, -0.2) is 27.9 Å². The lowest BCUT2D eigenvalue weighted by molar-refractivity contribution is -0.138. The van der Waals surface area contributed by atoms with Crippen molar-refractivity contribution in [1.29, 1.82) is 0 Å². The number of ketones is 1. The summed E-state index contributed by atoms with van der Waals surface area (Å²) in [4.78, 5) is 27.3. The van der Waals surface area contributed by atoms with Gasteiger partial charge in [0, 0.05) is 11.8 Å². The van der Waals surface area contributed by atoms with Crippen LogP contribution in [0.15, 0.2) is 0 Å². The number of thiazole rings is 1. The Morgan fingerprint density at radius 3 is 2.44 bits per heavy atom. The third kappa shape index (κ3) is 3.80. The van der Waals surface area contributed by atoms with Gasteiger partial charge in [-0.05, 0) is 19.3 Å². The number of hydrogen-bond donors (Lipinski definition) is 2. The molecule has 0 saturated carbocycles. The molecule has 0 aromatic carbocycles. The second-order valence-corrected chi connectivity index (χ2v) is 5.85. The maximum Gasteiger partial charge on any atom is 0.326 e. The lowest BCUT2D eigenvalue weighted by Crippen LogP contribution is -2.30. The molecule has 5 nitrogen and oxygen atoms in total. The van der Waals surface area contributed by atoms with E-state index in [1.165, 1.54) is 18.3 Å². The average molecular weight is 270 g/mol. The van der Waals surface area contributed by atoms with Crippen LogP contribution >= 0.6 is 11.3 Å². The lowest BCUT2D eigenvalue weighted by Gasteiger charge is -2.15. The second-order valence-electron chi connectivity index (χ2n) is 4.64. The number of carbonyl (C=O) groups is 2. The summed E-state index contributed by atoms with van der Waals surface area (Å²) < 4.78 is 0. The zero-order valence-corrected chi connectivity index (χ0v) is 11.8. The van der Waals surface area contributed by atoms with E-state index in [-0.39, 0.29) is 11.7 Å². The summed E-state index contributed by atoms with van der Waals surface area (Å²) in [5.41, 5.74) is 0.413. The van der Waals surface area contributed by atoms with Gasteiger partial charge in [0.25, 0.3) is 0 Å². The number of aromatic nitrogens is 1. The van der Waals surface area contributed by atoms with Gasteiger partial charge in [-0.2, -0.15) is 0 Å². The zero-order chi connectivity index (χ0) is 13.9. The molecule has 0 amide bonds. The van der Waals surface area contributed by atoms with E-state index in [9.17, 15) is 9.59 Å². The lowest BCUT2D eigenvalue weighted by atomic mass is 10.0. The summed E-state index contributed by atoms with van der Waals surface area (Å²) in [5, 5.41) is 12.5. The van der Waals surface area contributed by atoms with Gasteiger partial charge < -0.3 is 10.4 Å². The van der Waals surface area contributed by atoms with Crippen LogP contribution < -0.4 is 5.32 Å². The summed E-state index contributed by atoms with van der Waals surface area (Å²) in [7, 11) is 0. The van der Waals surface area contributed by atoms with E-state index in [2.05, 4.69) is 10.3 Å². The first-order chi connectivity index (χ1) is 8.31. The highest BCUT2D eigenvalue weighted by Gasteiger charge is 2.21. The van der Waals surface area contributed by atoms with Crippen molar-refractivity contribution in [3.8, 4) is 0 Å². The molecular formula is C12H18N2O3S. The van der Waals surface area contributed by atoms with Crippen molar-refractivity contribution in [2.75, 3.05) is 5.32 Å². The van der Waals surface area contributed by atoms with Gasteiger partial charge in [0.2, 0.25) is 0 Å². The van der Waals surface area contributed by atoms with Crippen molar-refractivity contribution in [1.82, 2.24) is 4.98 Å². The van der Waals surface area contributed by atoms with Crippen molar-refractivity contribution in [3.63, 3.8) is 0 Å². The van der Waals surface area contributed by atoms with Gasteiger partial charge in [-0.15, -0.1) is 11.3 Å². The predicted octanol–water partition coefficient (Wildman–Crippen LogP) is 2.57. The van der Waals surface area contributed by atoms with Crippen molar-refractivity contribution >= 4 is 28.2 Å². The Morgan fingerprint density at radius 1 is 1.44 bits per heavy atom. The highest BCUT2D eigenvalue weighted by molar-refractivity contribution is 7.15. The molecule has 0 aliphatic carbocycles. The van der Waals surface area contributed by atoms with Gasteiger partial charge >= 0.3 is 5.97 Å². The van der Waals surface area contributed by atoms with E-state index in [1.807, 2.05) is 13.8 Å². The van der Waals surface area contributed by atoms with Gasteiger partial charge in [-0.3, -0.25) is 4.79 Å². The minimum absolute atomic E-state index is 0.104. The molecule has 18 heavy (non-hydrogen) atoms. The van der Waals surface area contributed by atoms with Gasteiger partial charge in [-0.25, -0.2) is 9.78 Å². The van der Waals surface area contributed by atoms with Crippen molar-refractivity contribution in [2.45, 2.75) is 40.2 Å². The number of aryl methyl sites for hydroxylation is 1. The summed E-state index contributed by atoms with van der Waals surface area (Å²) in [6.07, 6.45) is 0.517. The van der Waals surface area contributed by atoms with Crippen LogP contribution in [0.4, 0.5) is 5.13 Å². The average Bonchev–Trinajstić information content (AvgIpc) is 2.57. The molecule has 1 unspecified atom stereocenters. The molecule has 0 radical (unpaired) electrons. The first-order valence-corrected chi connectivity index (χ1v) is 6.60. The van der Waals surface area contributed by atoms with Crippen molar-refractivity contribution in [2.24, 2.45) is 5.92 Å². The molecule has 100 valence electrons. The van der Waals surface area contributed by atoms with E-state index >= 15 is 0 Å². The number of rotatable bonds is 6. The van der Waals surface area contributed by atoms with E-state index in [0.29, 0.717) is 17.2 Å². The maximum absolute atomic E-state index is 11.3. The van der Waals surface area contributed by atoms with Crippen LogP contribution in [0.2, 0.25) is 0 Å². The molecule has 0 fully saturated rings. The van der Waals surface area contributed by atoms with E-state index in [4.69, 9.17) is 5.11 Å². The van der Waals surface area contributed by atoms with E-state index in [1.54, 1.807) is 6.92 Å². The van der Waals surface area contributed by atoms with Gasteiger partial charge in [0.1, 0.15) is 11.7 Å². The topological polar surface area (TPSA) is 79.3 Å². The Bertz CT molecular complexity index is 454. The number of carboxylic acids is 1. The summed E-state index contributed by atoms with van der Waals surface area (Å²) in [6.45, 7) is 7.18. The van der Waals surface area contributed by atoms with Crippen LogP contribution in [-0.2, 0) is 4.79 Å². The third-order valence-electron chi connectivity index (χ3n) is 2.43. The number of hydrogen-bond acceptors (Lipinski definition) is 5. The molecule has 1 atom stereocenters. The van der Waals surface area contributed by atoms with Crippen LogP contribution in [0.25, 0.3) is 0 Å². The maximum atomic E-state index is 11.3. The molecule has 0 saturated heterocycles. The quantitative estimate of drug-likeness (QED) is 0.777. The number of aliphatic carboxylic acids is 1. The Hall–Kier alpha value is -1.43. The normalized spacial score (nSPS) is 12.5. The van der Waals surface area contributed by atoms with Crippen LogP contribution in [0.1, 0.15) is 42.6 Å². The second kappa shape index (κ2) is 5.95. The van der Waals surface area contributed by atoms with Gasteiger partial charge in [0.05, 0.1) is 0 Å². The number of nitrogens with zero attached hydrogens (tertiary/aromatic N) is 1. The number of anilines is 1. The highest BCUT2D eigenvalue weighted by Crippen LogP contribution is 2.24. The first-order valence-electron chi connectivity index (χ1n) is 5.79. The van der Waals surface area contributed by atoms with Gasteiger partial charge in [0.15, 0.2) is 10.9 Å². The SMILES string of the molecule is CC(=O)c1nc(NC(CC(C)C)C(=O)O)sc1C. The molecule has 0 aliphatic rings. The number of carboxylic acid groups (broad SMARTS) is 1. The molecule has 0 spiro atoms. The number of Topliss-reactive ketones (excluding diaryl/α,β-unsaturated/α-hetero) is 1. The minimum Gasteiger partial charge on any atom is -0.480 e. The summed E-state index contributed by atoms with van der Waals surface area (Å²) in [6, 6.07) is -0.671. The molecule has 2 N–H and O–H groups in total. The Kier molecular flexibility index (Phi) is 4.84. The molecule has 0 aliphatic heterocycles. The predicted molar refractivity (Wildman–Crippen MR) is 71.4 cm³/mol. The number of nitrogens with one attached hydrogen (secondary N) is 1. The monoisotopic (exact) mass is 270 g/mol. The number of carbonyl (C=O) groups excluding carboxylic acids is 1. The fourth-order valence-corrected chi connectivity index (χ4v) is 2.54. The molecule has 1 rings (SSSR count). The smallest absolute Gasteiger partial charge is 0.326 e. The third-order valence-corrected chi connectivity index (χ3v) is 3.34. The molecule has 1 aromatic heterocycles. The highest BCUT2D eigenvalue weighted by atomic mass is 32.1. The fraction of sp³-hybridized carbons (Fsp3) is 0.583. The Balaban J connectivity index is 2.84. The van der Waals surface area contributed by atoms with Crippen LogP contribution in [0, 0.1) is 12.8 Å². The van der Waals surface area contributed by atoms with Crippen molar-refractivity contribution in [3.05, 3.63) is 10.6 Å². The van der Waals surface area contributed by atoms with Crippen LogP contribution in [0.5, 0.6) is 0 Å². The Labute approximate surface area is 110 Å².